The minimum Gasteiger partial charge on any atom is -0.342 e. The van der Waals surface area contributed by atoms with Gasteiger partial charge in [0.2, 0.25) is 5.91 Å². The van der Waals surface area contributed by atoms with Crippen LogP contribution in [0.15, 0.2) is 18.2 Å². The second-order valence-electron chi connectivity index (χ2n) is 7.18. The minimum atomic E-state index is -0.815. The molecule has 3 atom stereocenters. The number of carbonyl (C=O) groups is 1. The highest BCUT2D eigenvalue weighted by Crippen LogP contribution is 2.33. The summed E-state index contributed by atoms with van der Waals surface area (Å²) in [5, 5.41) is 3.56. The number of amides is 1. The standard InChI is InChI=1S/C19H26F2N2O/c1-3-13-11-23(19(24)14-4-5-14)9-8-18(13)22-12(2)15-6-7-16(20)17(21)10-15/h6-7,10,12-14,18,22H,3-5,8-9,11H2,1-2H3/t12-,13-,18-/m1/s1. The largest absolute Gasteiger partial charge is 0.342 e. The first-order valence-electron chi connectivity index (χ1n) is 8.99. The lowest BCUT2D eigenvalue weighted by atomic mass is 9.88. The quantitative estimate of drug-likeness (QED) is 0.890. The Morgan fingerprint density at radius 2 is 2.04 bits per heavy atom. The van der Waals surface area contributed by atoms with Gasteiger partial charge in [0.15, 0.2) is 11.6 Å². The van der Waals surface area contributed by atoms with E-state index in [1.54, 1.807) is 6.07 Å². The van der Waals surface area contributed by atoms with Crippen LogP contribution in [-0.4, -0.2) is 29.9 Å². The summed E-state index contributed by atoms with van der Waals surface area (Å²) in [5.74, 6) is -0.634. The number of carbonyl (C=O) groups excluding carboxylic acids is 1. The number of likely N-dealkylation sites (tertiary alicyclic amines) is 1. The number of piperidine rings is 1. The number of nitrogens with zero attached hydrogens (tertiary/aromatic N) is 1. The molecule has 0 radical (unpaired) electrons. The zero-order valence-corrected chi connectivity index (χ0v) is 14.4. The molecular weight excluding hydrogens is 310 g/mol. The van der Waals surface area contributed by atoms with Gasteiger partial charge in [0, 0.05) is 31.1 Å². The minimum absolute atomic E-state index is 0.0511. The molecule has 1 saturated heterocycles. The second-order valence-corrected chi connectivity index (χ2v) is 7.18. The summed E-state index contributed by atoms with van der Waals surface area (Å²) >= 11 is 0. The Hall–Kier alpha value is -1.49. The number of halogens is 2. The Balaban J connectivity index is 1.61. The second kappa shape index (κ2) is 7.18. The highest BCUT2D eigenvalue weighted by atomic mass is 19.2. The molecule has 3 rings (SSSR count). The van der Waals surface area contributed by atoms with Crippen LogP contribution in [0.4, 0.5) is 8.78 Å². The van der Waals surface area contributed by atoms with Crippen molar-refractivity contribution in [3.63, 3.8) is 0 Å². The van der Waals surface area contributed by atoms with Crippen LogP contribution in [-0.2, 0) is 4.79 Å². The lowest BCUT2D eigenvalue weighted by Gasteiger charge is -2.40. The fourth-order valence-electron chi connectivity index (χ4n) is 3.65. The van der Waals surface area contributed by atoms with Crippen molar-refractivity contribution in [3.8, 4) is 0 Å². The van der Waals surface area contributed by atoms with Crippen LogP contribution in [0.25, 0.3) is 0 Å². The van der Waals surface area contributed by atoms with Gasteiger partial charge in [0.25, 0.3) is 0 Å². The molecule has 1 aromatic carbocycles. The molecule has 1 N–H and O–H groups in total. The average Bonchev–Trinajstić information content (AvgIpc) is 3.42. The summed E-state index contributed by atoms with van der Waals surface area (Å²) in [6.45, 7) is 5.70. The first-order valence-corrected chi connectivity index (χ1v) is 8.99. The third-order valence-corrected chi connectivity index (χ3v) is 5.40. The smallest absolute Gasteiger partial charge is 0.225 e. The Morgan fingerprint density at radius 1 is 1.29 bits per heavy atom. The van der Waals surface area contributed by atoms with Gasteiger partial charge >= 0.3 is 0 Å². The zero-order valence-electron chi connectivity index (χ0n) is 14.4. The maximum atomic E-state index is 13.4. The SMILES string of the molecule is CC[C@@H]1CN(C(=O)C2CC2)CC[C@H]1N[C@H](C)c1ccc(F)c(F)c1. The molecule has 0 bridgehead atoms. The van der Waals surface area contributed by atoms with Crippen LogP contribution in [0.5, 0.6) is 0 Å². The Labute approximate surface area is 142 Å². The maximum absolute atomic E-state index is 13.4. The first-order chi connectivity index (χ1) is 11.5. The molecule has 1 aromatic rings. The summed E-state index contributed by atoms with van der Waals surface area (Å²) < 4.78 is 26.5. The van der Waals surface area contributed by atoms with Crippen LogP contribution >= 0.6 is 0 Å². The highest BCUT2D eigenvalue weighted by Gasteiger charge is 2.37. The molecular formula is C19H26F2N2O. The molecule has 1 amide bonds. The number of benzene rings is 1. The van der Waals surface area contributed by atoms with Gasteiger partial charge in [-0.15, -0.1) is 0 Å². The lowest BCUT2D eigenvalue weighted by molar-refractivity contribution is -0.134. The van der Waals surface area contributed by atoms with E-state index in [0.717, 1.165) is 44.3 Å². The fourth-order valence-corrected chi connectivity index (χ4v) is 3.65. The van der Waals surface area contributed by atoms with Crippen molar-refractivity contribution >= 4 is 5.91 Å². The Bertz CT molecular complexity index is 603. The van der Waals surface area contributed by atoms with Gasteiger partial charge in [-0.25, -0.2) is 8.78 Å². The molecule has 5 heteroatoms. The van der Waals surface area contributed by atoms with E-state index < -0.39 is 11.6 Å². The predicted molar refractivity (Wildman–Crippen MR) is 89.4 cm³/mol. The monoisotopic (exact) mass is 336 g/mol. The van der Waals surface area contributed by atoms with Gasteiger partial charge in [-0.1, -0.05) is 19.4 Å². The van der Waals surface area contributed by atoms with Crippen molar-refractivity contribution in [2.45, 2.75) is 51.6 Å². The fraction of sp³-hybridized carbons (Fsp3) is 0.632. The van der Waals surface area contributed by atoms with Crippen molar-refractivity contribution < 1.29 is 13.6 Å². The molecule has 2 fully saturated rings. The summed E-state index contributed by atoms with van der Waals surface area (Å²) in [6.07, 6.45) is 3.99. The van der Waals surface area contributed by atoms with E-state index >= 15 is 0 Å². The van der Waals surface area contributed by atoms with Crippen molar-refractivity contribution in [2.24, 2.45) is 11.8 Å². The zero-order chi connectivity index (χ0) is 17.3. The predicted octanol–water partition coefficient (Wildman–Crippen LogP) is 3.65. The van der Waals surface area contributed by atoms with Gasteiger partial charge in [-0.3, -0.25) is 4.79 Å². The van der Waals surface area contributed by atoms with E-state index in [0.29, 0.717) is 17.9 Å². The van der Waals surface area contributed by atoms with E-state index in [1.807, 2.05) is 11.8 Å². The molecule has 3 nitrogen and oxygen atoms in total. The van der Waals surface area contributed by atoms with Crippen LogP contribution in [0.2, 0.25) is 0 Å². The molecule has 1 heterocycles. The molecule has 1 aliphatic heterocycles. The molecule has 1 saturated carbocycles. The topological polar surface area (TPSA) is 32.3 Å². The molecule has 2 aliphatic rings. The van der Waals surface area contributed by atoms with E-state index in [2.05, 4.69) is 12.2 Å². The average molecular weight is 336 g/mol. The maximum Gasteiger partial charge on any atom is 0.225 e. The van der Waals surface area contributed by atoms with Crippen molar-refractivity contribution in [2.75, 3.05) is 13.1 Å². The van der Waals surface area contributed by atoms with Gasteiger partial charge in [-0.2, -0.15) is 0 Å². The molecule has 132 valence electrons. The van der Waals surface area contributed by atoms with Gasteiger partial charge in [0.05, 0.1) is 0 Å². The van der Waals surface area contributed by atoms with E-state index in [4.69, 9.17) is 0 Å². The summed E-state index contributed by atoms with van der Waals surface area (Å²) in [7, 11) is 0. The highest BCUT2D eigenvalue weighted by molar-refractivity contribution is 5.81. The number of nitrogens with one attached hydrogen (secondary N) is 1. The third kappa shape index (κ3) is 3.77. The normalized spacial score (nSPS) is 25.6. The summed E-state index contributed by atoms with van der Waals surface area (Å²) in [5.41, 5.74) is 0.750. The Morgan fingerprint density at radius 3 is 2.67 bits per heavy atom. The third-order valence-electron chi connectivity index (χ3n) is 5.40. The van der Waals surface area contributed by atoms with E-state index in [1.165, 1.54) is 12.1 Å². The Kier molecular flexibility index (Phi) is 5.18. The molecule has 24 heavy (non-hydrogen) atoms. The van der Waals surface area contributed by atoms with E-state index in [-0.39, 0.29) is 12.0 Å². The molecule has 0 aromatic heterocycles. The summed E-state index contributed by atoms with van der Waals surface area (Å²) in [4.78, 5) is 14.3. The first kappa shape index (κ1) is 17.3. The van der Waals surface area contributed by atoms with Gasteiger partial charge in [-0.05, 0) is 49.8 Å². The van der Waals surface area contributed by atoms with Crippen LogP contribution in [0.1, 0.15) is 51.1 Å². The summed E-state index contributed by atoms with van der Waals surface area (Å²) in [6, 6.07) is 4.31. The van der Waals surface area contributed by atoms with Crippen LogP contribution < -0.4 is 5.32 Å². The van der Waals surface area contributed by atoms with Crippen molar-refractivity contribution in [3.05, 3.63) is 35.4 Å². The number of hydrogen-bond donors (Lipinski definition) is 1. The van der Waals surface area contributed by atoms with Crippen molar-refractivity contribution in [1.29, 1.82) is 0 Å². The number of rotatable bonds is 5. The molecule has 1 aliphatic carbocycles. The molecule has 0 unspecified atom stereocenters. The number of hydrogen-bond acceptors (Lipinski definition) is 2. The lowest BCUT2D eigenvalue weighted by Crippen LogP contribution is -2.51. The van der Waals surface area contributed by atoms with Gasteiger partial charge < -0.3 is 10.2 Å². The van der Waals surface area contributed by atoms with Crippen molar-refractivity contribution in [1.82, 2.24) is 10.2 Å². The van der Waals surface area contributed by atoms with E-state index in [9.17, 15) is 13.6 Å². The van der Waals surface area contributed by atoms with Gasteiger partial charge in [0.1, 0.15) is 0 Å². The van der Waals surface area contributed by atoms with Crippen LogP contribution in [0.3, 0.4) is 0 Å². The van der Waals surface area contributed by atoms with Crippen LogP contribution in [0, 0.1) is 23.5 Å². The molecule has 0 spiro atoms.